The number of H-pyrrole nitrogens is 1. The van der Waals surface area contributed by atoms with Crippen molar-refractivity contribution in [2.75, 3.05) is 20.2 Å². The molecule has 1 aromatic carbocycles. The lowest BCUT2D eigenvalue weighted by Crippen LogP contribution is -2.29. The average molecular weight is 341 g/mol. The highest BCUT2D eigenvalue weighted by molar-refractivity contribution is 5.95. The maximum atomic E-state index is 13.8. The van der Waals surface area contributed by atoms with Crippen molar-refractivity contribution in [1.29, 1.82) is 0 Å². The van der Waals surface area contributed by atoms with Crippen molar-refractivity contribution in [3.05, 3.63) is 48.0 Å². The summed E-state index contributed by atoms with van der Waals surface area (Å²) < 4.78 is 19.2. The van der Waals surface area contributed by atoms with E-state index in [0.717, 1.165) is 35.1 Å². The monoisotopic (exact) mass is 341 g/mol. The molecule has 0 spiro atoms. The number of methoxy groups -OCH3 is 1. The van der Waals surface area contributed by atoms with Crippen LogP contribution >= 0.6 is 0 Å². The summed E-state index contributed by atoms with van der Waals surface area (Å²) in [5.41, 5.74) is 3.50. The molecule has 1 saturated heterocycles. The number of nitrogens with one attached hydrogen (secondary N) is 1. The summed E-state index contributed by atoms with van der Waals surface area (Å²) in [7, 11) is 1.58. The second-order valence-electron chi connectivity index (χ2n) is 6.42. The van der Waals surface area contributed by atoms with E-state index in [0.29, 0.717) is 30.3 Å². The standard InChI is InChI=1S/C19H20FN3O2/c1-25-18-3-2-13(20)10-15(18)14-4-7-21-19-16(14)11-17(22-19)12-5-8-23(24)9-6-12/h2-4,7,10-12,24H,5-6,8-9H2,1H3,(H,21,22). The number of aromatic amines is 1. The maximum absolute atomic E-state index is 13.8. The first-order valence-electron chi connectivity index (χ1n) is 8.41. The van der Waals surface area contributed by atoms with Crippen LogP contribution in [0.25, 0.3) is 22.2 Å². The molecule has 25 heavy (non-hydrogen) atoms. The van der Waals surface area contributed by atoms with Crippen molar-refractivity contribution in [3.63, 3.8) is 0 Å². The summed E-state index contributed by atoms with van der Waals surface area (Å²) in [5.74, 6) is 0.692. The number of piperidine rings is 1. The Labute approximate surface area is 145 Å². The summed E-state index contributed by atoms with van der Waals surface area (Å²) in [6.45, 7) is 1.33. The van der Waals surface area contributed by atoms with Gasteiger partial charge in [-0.05, 0) is 48.7 Å². The smallest absolute Gasteiger partial charge is 0.138 e. The van der Waals surface area contributed by atoms with Gasteiger partial charge in [0, 0.05) is 41.8 Å². The molecule has 0 radical (unpaired) electrons. The summed E-state index contributed by atoms with van der Waals surface area (Å²) in [6, 6.07) is 8.51. The van der Waals surface area contributed by atoms with Crippen LogP contribution in [0.5, 0.6) is 5.75 Å². The lowest BCUT2D eigenvalue weighted by molar-refractivity contribution is -0.106. The molecule has 1 aliphatic rings. The number of pyridine rings is 1. The zero-order valence-electron chi connectivity index (χ0n) is 14.0. The molecule has 1 aliphatic heterocycles. The molecule has 3 heterocycles. The third-order valence-electron chi connectivity index (χ3n) is 4.92. The topological polar surface area (TPSA) is 61.4 Å². The lowest BCUT2D eigenvalue weighted by atomic mass is 9.94. The number of hydrogen-bond acceptors (Lipinski definition) is 4. The summed E-state index contributed by atoms with van der Waals surface area (Å²) in [6.07, 6.45) is 3.50. The van der Waals surface area contributed by atoms with Gasteiger partial charge in [-0.1, -0.05) is 0 Å². The molecule has 3 aromatic rings. The predicted octanol–water partition coefficient (Wildman–Crippen LogP) is 3.95. The van der Waals surface area contributed by atoms with E-state index in [2.05, 4.69) is 16.0 Å². The van der Waals surface area contributed by atoms with Crippen molar-refractivity contribution < 1.29 is 14.3 Å². The second-order valence-corrected chi connectivity index (χ2v) is 6.42. The largest absolute Gasteiger partial charge is 0.496 e. The highest BCUT2D eigenvalue weighted by Gasteiger charge is 2.22. The minimum Gasteiger partial charge on any atom is -0.496 e. The Kier molecular flexibility index (Phi) is 4.15. The van der Waals surface area contributed by atoms with Gasteiger partial charge >= 0.3 is 0 Å². The molecule has 6 heteroatoms. The van der Waals surface area contributed by atoms with Crippen LogP contribution in [-0.2, 0) is 0 Å². The number of hydrogen-bond donors (Lipinski definition) is 2. The number of halogens is 1. The first kappa shape index (κ1) is 16.1. The Hall–Kier alpha value is -2.44. The molecule has 2 aromatic heterocycles. The Morgan fingerprint density at radius 2 is 2.00 bits per heavy atom. The van der Waals surface area contributed by atoms with Crippen LogP contribution in [0.3, 0.4) is 0 Å². The van der Waals surface area contributed by atoms with Gasteiger partial charge in [-0.3, -0.25) is 0 Å². The van der Waals surface area contributed by atoms with Crippen LogP contribution in [0.15, 0.2) is 36.5 Å². The third-order valence-corrected chi connectivity index (χ3v) is 4.92. The predicted molar refractivity (Wildman–Crippen MR) is 93.4 cm³/mol. The molecule has 4 rings (SSSR count). The van der Waals surface area contributed by atoms with E-state index in [1.165, 1.54) is 17.2 Å². The Balaban J connectivity index is 1.80. The van der Waals surface area contributed by atoms with E-state index in [1.807, 2.05) is 6.07 Å². The average Bonchev–Trinajstić information content (AvgIpc) is 3.06. The van der Waals surface area contributed by atoms with Gasteiger partial charge in [-0.25, -0.2) is 9.37 Å². The summed E-state index contributed by atoms with van der Waals surface area (Å²) >= 11 is 0. The summed E-state index contributed by atoms with van der Waals surface area (Å²) in [5, 5.41) is 11.9. The van der Waals surface area contributed by atoms with Crippen molar-refractivity contribution >= 4 is 11.0 Å². The highest BCUT2D eigenvalue weighted by atomic mass is 19.1. The number of ether oxygens (including phenoxy) is 1. The van der Waals surface area contributed by atoms with Crippen molar-refractivity contribution in [2.45, 2.75) is 18.8 Å². The van der Waals surface area contributed by atoms with Gasteiger partial charge in [0.05, 0.1) is 7.11 Å². The van der Waals surface area contributed by atoms with E-state index in [1.54, 1.807) is 19.4 Å². The fraction of sp³-hybridized carbons (Fsp3) is 0.316. The van der Waals surface area contributed by atoms with E-state index in [-0.39, 0.29) is 5.82 Å². The van der Waals surface area contributed by atoms with Crippen LogP contribution in [0.1, 0.15) is 24.5 Å². The fourth-order valence-corrected chi connectivity index (χ4v) is 3.57. The third kappa shape index (κ3) is 2.99. The number of benzene rings is 1. The van der Waals surface area contributed by atoms with E-state index in [4.69, 9.17) is 4.74 Å². The Morgan fingerprint density at radius 1 is 1.20 bits per heavy atom. The second kappa shape index (κ2) is 6.46. The van der Waals surface area contributed by atoms with Gasteiger partial charge in [0.15, 0.2) is 0 Å². The van der Waals surface area contributed by atoms with Crippen LogP contribution in [-0.4, -0.2) is 40.4 Å². The molecule has 0 bridgehead atoms. The number of hydroxylamine groups is 2. The van der Waals surface area contributed by atoms with E-state index >= 15 is 0 Å². The van der Waals surface area contributed by atoms with Crippen molar-refractivity contribution in [3.8, 4) is 16.9 Å². The van der Waals surface area contributed by atoms with E-state index in [9.17, 15) is 9.60 Å². The highest BCUT2D eigenvalue weighted by Crippen LogP contribution is 2.37. The van der Waals surface area contributed by atoms with Gasteiger partial charge in [-0.2, -0.15) is 5.06 Å². The number of rotatable bonds is 3. The van der Waals surface area contributed by atoms with Crippen molar-refractivity contribution in [1.82, 2.24) is 15.0 Å². The molecular weight excluding hydrogens is 321 g/mol. The zero-order chi connectivity index (χ0) is 17.4. The molecule has 0 aliphatic carbocycles. The normalized spacial score (nSPS) is 16.4. The molecule has 130 valence electrons. The number of nitrogens with zero attached hydrogens (tertiary/aromatic N) is 2. The fourth-order valence-electron chi connectivity index (χ4n) is 3.57. The van der Waals surface area contributed by atoms with E-state index < -0.39 is 0 Å². The molecule has 0 saturated carbocycles. The van der Waals surface area contributed by atoms with Crippen LogP contribution in [0.4, 0.5) is 4.39 Å². The van der Waals surface area contributed by atoms with Gasteiger partial charge in [0.2, 0.25) is 0 Å². The maximum Gasteiger partial charge on any atom is 0.138 e. The first-order valence-corrected chi connectivity index (χ1v) is 8.41. The Bertz CT molecular complexity index is 901. The van der Waals surface area contributed by atoms with Gasteiger partial charge in [0.1, 0.15) is 17.2 Å². The SMILES string of the molecule is COc1ccc(F)cc1-c1ccnc2[nH]c(C3CCN(O)CC3)cc12. The van der Waals surface area contributed by atoms with Gasteiger partial charge < -0.3 is 14.9 Å². The number of fused-ring (bicyclic) bond motifs is 1. The molecule has 5 nitrogen and oxygen atoms in total. The van der Waals surface area contributed by atoms with Crippen molar-refractivity contribution in [2.24, 2.45) is 0 Å². The molecule has 0 atom stereocenters. The van der Waals surface area contributed by atoms with Gasteiger partial charge in [-0.15, -0.1) is 0 Å². The quantitative estimate of drug-likeness (QED) is 0.757. The molecule has 0 amide bonds. The molecule has 0 unspecified atom stereocenters. The van der Waals surface area contributed by atoms with Gasteiger partial charge in [0.25, 0.3) is 0 Å². The summed E-state index contributed by atoms with van der Waals surface area (Å²) in [4.78, 5) is 7.82. The van der Waals surface area contributed by atoms with Crippen LogP contribution in [0.2, 0.25) is 0 Å². The molecular formula is C19H20FN3O2. The van der Waals surface area contributed by atoms with Crippen LogP contribution < -0.4 is 4.74 Å². The minimum atomic E-state index is -0.299. The lowest BCUT2D eigenvalue weighted by Gasteiger charge is -2.26. The zero-order valence-corrected chi connectivity index (χ0v) is 14.0. The number of aromatic nitrogens is 2. The van der Waals surface area contributed by atoms with Crippen LogP contribution in [0, 0.1) is 5.82 Å². The first-order chi connectivity index (χ1) is 12.2. The Morgan fingerprint density at radius 3 is 2.76 bits per heavy atom. The molecule has 2 N–H and O–H groups in total. The minimum absolute atomic E-state index is 0.299. The molecule has 1 fully saturated rings.